The lowest BCUT2D eigenvalue weighted by Gasteiger charge is -2.14. The predicted molar refractivity (Wildman–Crippen MR) is 82.3 cm³/mol. The number of rotatable bonds is 8. The number of benzene rings is 1. The highest BCUT2D eigenvalue weighted by atomic mass is 32.2. The van der Waals surface area contributed by atoms with Crippen LogP contribution in [0.3, 0.4) is 0 Å². The number of nitrogens with one attached hydrogen (secondary N) is 1. The second kappa shape index (κ2) is 8.99. The Bertz CT molecular complexity index is 378. The minimum atomic E-state index is 0.0675. The van der Waals surface area contributed by atoms with Gasteiger partial charge >= 0.3 is 0 Å². The molecule has 1 amide bonds. The number of hydrogen-bond donors (Lipinski definition) is 2. The van der Waals surface area contributed by atoms with Crippen LogP contribution in [0.5, 0.6) is 0 Å². The normalized spacial score (nSPS) is 12.2. The van der Waals surface area contributed by atoms with Gasteiger partial charge in [0, 0.05) is 11.3 Å². The lowest BCUT2D eigenvalue weighted by atomic mass is 10.1. The molecule has 0 aliphatic rings. The number of thioether (sulfide) groups is 1. The third-order valence-corrected chi connectivity index (χ3v) is 3.84. The first kappa shape index (κ1) is 16.1. The smallest absolute Gasteiger partial charge is 0.220 e. The molecular formula is C15H24N2OS. The quantitative estimate of drug-likeness (QED) is 0.568. The molecule has 3 nitrogen and oxygen atoms in total. The maximum atomic E-state index is 11.8. The number of unbranched alkanes of at least 4 members (excludes halogenated alkanes) is 2. The number of carbonyl (C=O) groups excluding carboxylic acids is 1. The van der Waals surface area contributed by atoms with Crippen molar-refractivity contribution in [3.63, 3.8) is 0 Å². The Morgan fingerprint density at radius 1 is 1.26 bits per heavy atom. The molecular weight excluding hydrogens is 256 g/mol. The van der Waals surface area contributed by atoms with E-state index in [2.05, 4.69) is 35.8 Å². The van der Waals surface area contributed by atoms with E-state index in [1.165, 1.54) is 4.90 Å². The fourth-order valence-electron chi connectivity index (χ4n) is 1.90. The summed E-state index contributed by atoms with van der Waals surface area (Å²) < 4.78 is 0. The second-order valence-corrected chi connectivity index (χ2v) is 5.54. The van der Waals surface area contributed by atoms with Gasteiger partial charge in [-0.05, 0) is 50.3 Å². The van der Waals surface area contributed by atoms with Crippen molar-refractivity contribution in [1.29, 1.82) is 0 Å². The van der Waals surface area contributed by atoms with Crippen molar-refractivity contribution in [2.45, 2.75) is 43.5 Å². The average Bonchev–Trinajstić information content (AvgIpc) is 2.43. The van der Waals surface area contributed by atoms with E-state index in [-0.39, 0.29) is 11.9 Å². The topological polar surface area (TPSA) is 55.1 Å². The Morgan fingerprint density at radius 2 is 1.95 bits per heavy atom. The molecule has 106 valence electrons. The summed E-state index contributed by atoms with van der Waals surface area (Å²) >= 11 is 1.72. The third-order valence-electron chi connectivity index (χ3n) is 3.10. The first-order valence-corrected chi connectivity index (χ1v) is 8.03. The van der Waals surface area contributed by atoms with Crippen LogP contribution in [0.25, 0.3) is 0 Å². The summed E-state index contributed by atoms with van der Waals surface area (Å²) in [6, 6.07) is 8.39. The van der Waals surface area contributed by atoms with Gasteiger partial charge in [0.15, 0.2) is 0 Å². The molecule has 1 aromatic rings. The van der Waals surface area contributed by atoms with Gasteiger partial charge in [0.05, 0.1) is 6.04 Å². The second-order valence-electron chi connectivity index (χ2n) is 4.66. The summed E-state index contributed by atoms with van der Waals surface area (Å²) in [5.74, 6) is 0.124. The highest BCUT2D eigenvalue weighted by molar-refractivity contribution is 7.98. The molecule has 0 heterocycles. The van der Waals surface area contributed by atoms with Crippen molar-refractivity contribution in [2.75, 3.05) is 12.8 Å². The molecule has 0 saturated heterocycles. The zero-order valence-electron chi connectivity index (χ0n) is 11.8. The monoisotopic (exact) mass is 280 g/mol. The molecule has 0 saturated carbocycles. The van der Waals surface area contributed by atoms with E-state index in [0.29, 0.717) is 13.0 Å². The van der Waals surface area contributed by atoms with Crippen molar-refractivity contribution in [1.82, 2.24) is 5.32 Å². The maximum Gasteiger partial charge on any atom is 0.220 e. The molecule has 0 aromatic heterocycles. The summed E-state index contributed by atoms with van der Waals surface area (Å²) in [7, 11) is 0. The fraction of sp³-hybridized carbons (Fsp3) is 0.533. The first-order chi connectivity index (χ1) is 9.17. The van der Waals surface area contributed by atoms with E-state index in [9.17, 15) is 4.79 Å². The highest BCUT2D eigenvalue weighted by Gasteiger charge is 2.09. The van der Waals surface area contributed by atoms with Gasteiger partial charge in [0.25, 0.3) is 0 Å². The minimum Gasteiger partial charge on any atom is -0.350 e. The van der Waals surface area contributed by atoms with Crippen LogP contribution in [0, 0.1) is 0 Å². The van der Waals surface area contributed by atoms with Crippen molar-refractivity contribution in [2.24, 2.45) is 5.73 Å². The molecule has 1 aromatic carbocycles. The van der Waals surface area contributed by atoms with Crippen molar-refractivity contribution >= 4 is 17.7 Å². The third kappa shape index (κ3) is 6.12. The molecule has 1 atom stereocenters. The Labute approximate surface area is 120 Å². The van der Waals surface area contributed by atoms with E-state index in [1.807, 2.05) is 6.92 Å². The molecule has 1 rings (SSSR count). The minimum absolute atomic E-state index is 0.0675. The highest BCUT2D eigenvalue weighted by Crippen LogP contribution is 2.19. The van der Waals surface area contributed by atoms with Gasteiger partial charge in [-0.2, -0.15) is 0 Å². The number of carbonyl (C=O) groups is 1. The molecule has 1 unspecified atom stereocenters. The van der Waals surface area contributed by atoms with E-state index < -0.39 is 0 Å². The van der Waals surface area contributed by atoms with E-state index in [0.717, 1.165) is 24.8 Å². The zero-order valence-corrected chi connectivity index (χ0v) is 12.6. The van der Waals surface area contributed by atoms with Crippen LogP contribution in [-0.4, -0.2) is 18.7 Å². The van der Waals surface area contributed by atoms with E-state index >= 15 is 0 Å². The summed E-state index contributed by atoms with van der Waals surface area (Å²) in [4.78, 5) is 13.0. The lowest BCUT2D eigenvalue weighted by molar-refractivity contribution is -0.121. The molecule has 4 heteroatoms. The Kier molecular flexibility index (Phi) is 7.60. The molecule has 0 aliphatic heterocycles. The maximum absolute atomic E-state index is 11.8. The van der Waals surface area contributed by atoms with Crippen molar-refractivity contribution in [3.05, 3.63) is 29.8 Å². The molecule has 0 fully saturated rings. The van der Waals surface area contributed by atoms with Gasteiger partial charge in [0.2, 0.25) is 5.91 Å². The molecule has 0 bridgehead atoms. The number of hydrogen-bond acceptors (Lipinski definition) is 3. The molecule has 3 N–H and O–H groups in total. The van der Waals surface area contributed by atoms with Crippen LogP contribution < -0.4 is 11.1 Å². The first-order valence-electron chi connectivity index (χ1n) is 6.80. The number of amides is 1. The van der Waals surface area contributed by atoms with E-state index in [4.69, 9.17) is 5.73 Å². The van der Waals surface area contributed by atoms with Gasteiger partial charge in [-0.1, -0.05) is 18.6 Å². The summed E-state index contributed by atoms with van der Waals surface area (Å²) in [6.07, 6.45) is 5.59. The van der Waals surface area contributed by atoms with Crippen molar-refractivity contribution in [3.8, 4) is 0 Å². The lowest BCUT2D eigenvalue weighted by Crippen LogP contribution is -2.26. The van der Waals surface area contributed by atoms with Crippen LogP contribution in [0.4, 0.5) is 0 Å². The summed E-state index contributed by atoms with van der Waals surface area (Å²) in [5.41, 5.74) is 6.57. The predicted octanol–water partition coefficient (Wildman–Crippen LogP) is 3.10. The Balaban J connectivity index is 2.36. The van der Waals surface area contributed by atoms with Gasteiger partial charge in [-0.25, -0.2) is 0 Å². The summed E-state index contributed by atoms with van der Waals surface area (Å²) in [6.45, 7) is 2.73. The Morgan fingerprint density at radius 3 is 2.53 bits per heavy atom. The van der Waals surface area contributed by atoms with Crippen LogP contribution in [0.15, 0.2) is 29.2 Å². The van der Waals surface area contributed by atoms with Crippen molar-refractivity contribution < 1.29 is 4.79 Å². The molecule has 0 spiro atoms. The van der Waals surface area contributed by atoms with E-state index in [1.54, 1.807) is 11.8 Å². The fourth-order valence-corrected chi connectivity index (χ4v) is 2.30. The van der Waals surface area contributed by atoms with Gasteiger partial charge in [-0.15, -0.1) is 11.8 Å². The van der Waals surface area contributed by atoms with Gasteiger partial charge in [-0.3, -0.25) is 4.79 Å². The summed E-state index contributed by atoms with van der Waals surface area (Å²) in [5, 5.41) is 3.03. The van der Waals surface area contributed by atoms with Crippen LogP contribution in [-0.2, 0) is 4.79 Å². The van der Waals surface area contributed by atoms with Gasteiger partial charge < -0.3 is 11.1 Å². The average molecular weight is 280 g/mol. The molecule has 19 heavy (non-hydrogen) atoms. The largest absolute Gasteiger partial charge is 0.350 e. The SMILES string of the molecule is CSc1ccc(C(C)NC(=O)CCCCCN)cc1. The molecule has 0 radical (unpaired) electrons. The van der Waals surface area contributed by atoms with Crippen LogP contribution >= 0.6 is 11.8 Å². The van der Waals surface area contributed by atoms with Crippen LogP contribution in [0.2, 0.25) is 0 Å². The number of nitrogens with two attached hydrogens (primary N) is 1. The Hall–Kier alpha value is -1.00. The molecule has 0 aliphatic carbocycles. The standard InChI is InChI=1S/C15H24N2OS/c1-12(13-7-9-14(19-2)10-8-13)17-15(18)6-4-3-5-11-16/h7-10,12H,3-6,11,16H2,1-2H3,(H,17,18). The van der Waals surface area contributed by atoms with Crippen LogP contribution in [0.1, 0.15) is 44.2 Å². The van der Waals surface area contributed by atoms with Gasteiger partial charge in [0.1, 0.15) is 0 Å². The zero-order chi connectivity index (χ0) is 14.1.